The van der Waals surface area contributed by atoms with Gasteiger partial charge in [-0.05, 0) is 61.8 Å². The smallest absolute Gasteiger partial charge is 0.262 e. The van der Waals surface area contributed by atoms with E-state index in [0.29, 0.717) is 61.0 Å². The molecule has 6 amide bonds. The first-order valence-corrected chi connectivity index (χ1v) is 14.5. The molecule has 0 unspecified atom stereocenters. The summed E-state index contributed by atoms with van der Waals surface area (Å²) >= 11 is 0. The molecule has 2 aliphatic heterocycles. The van der Waals surface area contributed by atoms with Gasteiger partial charge in [-0.15, -0.1) is 0 Å². The second-order valence-corrected chi connectivity index (χ2v) is 11.6. The molecule has 10 nitrogen and oxygen atoms in total. The van der Waals surface area contributed by atoms with E-state index in [4.69, 9.17) is 0 Å². The second kappa shape index (κ2) is 13.1. The van der Waals surface area contributed by atoms with Gasteiger partial charge < -0.3 is 10.6 Å². The van der Waals surface area contributed by atoms with Crippen LogP contribution in [0.2, 0.25) is 0 Å². The average molecular weight is 575 g/mol. The summed E-state index contributed by atoms with van der Waals surface area (Å²) in [7, 11) is 0. The van der Waals surface area contributed by atoms with Crippen molar-refractivity contribution < 1.29 is 28.8 Å². The molecule has 2 aromatic carbocycles. The van der Waals surface area contributed by atoms with Crippen LogP contribution in [0.15, 0.2) is 48.5 Å². The Labute approximate surface area is 245 Å². The lowest BCUT2D eigenvalue weighted by atomic mass is 10.0. The Balaban J connectivity index is 1.29. The Morgan fingerprint density at radius 3 is 1.12 bits per heavy atom. The maximum atomic E-state index is 13.1. The van der Waals surface area contributed by atoms with E-state index in [9.17, 15) is 28.8 Å². The van der Waals surface area contributed by atoms with Crippen LogP contribution in [0, 0.1) is 11.8 Å². The molecule has 2 aliphatic rings. The van der Waals surface area contributed by atoms with Crippen LogP contribution in [-0.4, -0.2) is 70.4 Å². The summed E-state index contributed by atoms with van der Waals surface area (Å²) in [6.07, 6.45) is 1.74. The molecule has 10 heteroatoms. The van der Waals surface area contributed by atoms with Gasteiger partial charge in [0, 0.05) is 13.1 Å². The zero-order valence-corrected chi connectivity index (χ0v) is 24.5. The second-order valence-electron chi connectivity index (χ2n) is 11.6. The number of carbonyl (C=O) groups is 6. The van der Waals surface area contributed by atoms with Crippen molar-refractivity contribution in [1.82, 2.24) is 20.4 Å². The summed E-state index contributed by atoms with van der Waals surface area (Å²) in [5.74, 6) is -2.51. The molecule has 2 aromatic rings. The number of nitrogens with zero attached hydrogens (tertiary/aromatic N) is 2. The summed E-state index contributed by atoms with van der Waals surface area (Å²) < 4.78 is 0. The van der Waals surface area contributed by atoms with Crippen molar-refractivity contribution in [1.29, 1.82) is 0 Å². The van der Waals surface area contributed by atoms with E-state index in [1.54, 1.807) is 48.5 Å². The minimum Gasteiger partial charge on any atom is -0.354 e. The van der Waals surface area contributed by atoms with Gasteiger partial charge in [0.25, 0.3) is 23.6 Å². The van der Waals surface area contributed by atoms with Crippen LogP contribution in [0.25, 0.3) is 0 Å². The highest BCUT2D eigenvalue weighted by Crippen LogP contribution is 2.28. The standard InChI is InChI=1S/C32H38N4O6/c1-19(2)17-25(35-29(39)21-11-5-6-12-22(21)30(35)40)27(37)33-15-9-10-16-34-28(38)26(18-20(3)4)36-31(41)23-13-7-8-14-24(23)32(36)42/h5-8,11-14,19-20,25-26H,9-10,15-18H2,1-4H3,(H,33,37)(H,34,38)/t25-,26+. The summed E-state index contributed by atoms with van der Waals surface area (Å²) in [6.45, 7) is 8.29. The Morgan fingerprint density at radius 1 is 0.571 bits per heavy atom. The van der Waals surface area contributed by atoms with Gasteiger partial charge >= 0.3 is 0 Å². The Hall–Kier alpha value is -4.34. The molecule has 0 saturated heterocycles. The number of benzene rings is 2. The van der Waals surface area contributed by atoms with E-state index >= 15 is 0 Å². The number of unbranched alkanes of at least 4 members (excludes halogenated alkanes) is 1. The highest BCUT2D eigenvalue weighted by atomic mass is 16.2. The van der Waals surface area contributed by atoms with Crippen molar-refractivity contribution in [3.05, 3.63) is 70.8 Å². The summed E-state index contributed by atoms with van der Waals surface area (Å²) in [5, 5.41) is 5.68. The highest BCUT2D eigenvalue weighted by molar-refractivity contribution is 6.23. The van der Waals surface area contributed by atoms with Gasteiger partial charge in [-0.2, -0.15) is 0 Å². The predicted octanol–water partition coefficient (Wildman–Crippen LogP) is 3.42. The fourth-order valence-electron chi connectivity index (χ4n) is 5.44. The van der Waals surface area contributed by atoms with Crippen LogP contribution < -0.4 is 10.6 Å². The van der Waals surface area contributed by atoms with Gasteiger partial charge in [0.15, 0.2) is 0 Å². The monoisotopic (exact) mass is 574 g/mol. The molecule has 0 spiro atoms. The molecule has 222 valence electrons. The Kier molecular flexibility index (Phi) is 9.55. The summed E-state index contributed by atoms with van der Waals surface area (Å²) in [4.78, 5) is 80.3. The summed E-state index contributed by atoms with van der Waals surface area (Å²) in [6, 6.07) is 11.3. The normalized spacial score (nSPS) is 15.8. The zero-order valence-electron chi connectivity index (χ0n) is 24.5. The average Bonchev–Trinajstić information content (AvgIpc) is 3.36. The van der Waals surface area contributed by atoms with E-state index in [1.165, 1.54) is 0 Å². The van der Waals surface area contributed by atoms with Gasteiger partial charge in [-0.3, -0.25) is 38.6 Å². The predicted molar refractivity (Wildman–Crippen MR) is 156 cm³/mol. The van der Waals surface area contributed by atoms with Crippen LogP contribution in [0.4, 0.5) is 0 Å². The number of hydrogen-bond donors (Lipinski definition) is 2. The Morgan fingerprint density at radius 2 is 0.857 bits per heavy atom. The number of fused-ring (bicyclic) bond motifs is 2. The number of amides is 6. The van der Waals surface area contributed by atoms with E-state index in [2.05, 4.69) is 10.6 Å². The van der Waals surface area contributed by atoms with Gasteiger partial charge in [0.2, 0.25) is 11.8 Å². The molecule has 2 atom stereocenters. The van der Waals surface area contributed by atoms with Crippen molar-refractivity contribution in [2.75, 3.05) is 13.1 Å². The first kappa shape index (κ1) is 30.6. The molecule has 4 rings (SSSR count). The lowest BCUT2D eigenvalue weighted by molar-refractivity contribution is -0.126. The third-order valence-electron chi connectivity index (χ3n) is 7.47. The first-order chi connectivity index (χ1) is 20.0. The van der Waals surface area contributed by atoms with Crippen LogP contribution >= 0.6 is 0 Å². The van der Waals surface area contributed by atoms with Crippen molar-refractivity contribution in [3.63, 3.8) is 0 Å². The summed E-state index contributed by atoms with van der Waals surface area (Å²) in [5.41, 5.74) is 1.21. The van der Waals surface area contributed by atoms with Crippen LogP contribution in [0.5, 0.6) is 0 Å². The molecular weight excluding hydrogens is 536 g/mol. The molecular formula is C32H38N4O6. The highest BCUT2D eigenvalue weighted by Gasteiger charge is 2.44. The molecule has 2 N–H and O–H groups in total. The van der Waals surface area contributed by atoms with Gasteiger partial charge in [0.1, 0.15) is 12.1 Å². The molecule has 0 bridgehead atoms. The lowest BCUT2D eigenvalue weighted by Crippen LogP contribution is -2.50. The maximum Gasteiger partial charge on any atom is 0.262 e. The quantitative estimate of drug-likeness (QED) is 0.278. The van der Waals surface area contributed by atoms with Crippen molar-refractivity contribution in [2.24, 2.45) is 11.8 Å². The topological polar surface area (TPSA) is 133 Å². The van der Waals surface area contributed by atoms with Crippen molar-refractivity contribution >= 4 is 35.4 Å². The fraction of sp³-hybridized carbons (Fsp3) is 0.438. The molecule has 0 aromatic heterocycles. The Bertz CT molecular complexity index is 1230. The first-order valence-electron chi connectivity index (χ1n) is 14.5. The third kappa shape index (κ3) is 6.27. The number of hydrogen-bond acceptors (Lipinski definition) is 6. The molecule has 0 aliphatic carbocycles. The van der Waals surface area contributed by atoms with Gasteiger partial charge in [-0.25, -0.2) is 0 Å². The fourth-order valence-corrected chi connectivity index (χ4v) is 5.44. The van der Waals surface area contributed by atoms with Crippen molar-refractivity contribution in [3.8, 4) is 0 Å². The number of nitrogens with one attached hydrogen (secondary N) is 2. The molecule has 0 saturated carbocycles. The van der Waals surface area contributed by atoms with Gasteiger partial charge in [0.05, 0.1) is 22.3 Å². The minimum atomic E-state index is -0.923. The molecule has 2 heterocycles. The lowest BCUT2D eigenvalue weighted by Gasteiger charge is -2.27. The number of carbonyl (C=O) groups excluding carboxylic acids is 6. The van der Waals surface area contributed by atoms with Crippen molar-refractivity contribution in [2.45, 2.75) is 65.5 Å². The zero-order chi connectivity index (χ0) is 30.6. The molecule has 0 fully saturated rings. The molecule has 0 radical (unpaired) electrons. The van der Waals surface area contributed by atoms with E-state index < -0.39 is 47.5 Å². The number of rotatable bonds is 13. The van der Waals surface area contributed by atoms with E-state index in [1.807, 2.05) is 27.7 Å². The van der Waals surface area contributed by atoms with E-state index in [-0.39, 0.29) is 11.8 Å². The van der Waals surface area contributed by atoms with Crippen LogP contribution in [0.1, 0.15) is 94.8 Å². The largest absolute Gasteiger partial charge is 0.354 e. The number of imide groups is 2. The van der Waals surface area contributed by atoms with Gasteiger partial charge in [-0.1, -0.05) is 52.0 Å². The minimum absolute atomic E-state index is 0.0706. The van der Waals surface area contributed by atoms with Crippen LogP contribution in [-0.2, 0) is 9.59 Å². The van der Waals surface area contributed by atoms with Crippen LogP contribution in [0.3, 0.4) is 0 Å². The maximum absolute atomic E-state index is 13.1. The molecule has 42 heavy (non-hydrogen) atoms. The SMILES string of the molecule is CC(C)C[C@H](C(=O)NCCCCNC(=O)[C@H](CC(C)C)N1C(=O)c2ccccc2C1=O)N1C(=O)c2ccccc2C1=O. The van der Waals surface area contributed by atoms with E-state index in [0.717, 1.165) is 9.80 Å². The third-order valence-corrected chi connectivity index (χ3v) is 7.47.